The predicted molar refractivity (Wildman–Crippen MR) is 95.5 cm³/mol. The van der Waals surface area contributed by atoms with Crippen LogP contribution in [0.15, 0.2) is 42.7 Å². The van der Waals surface area contributed by atoms with Gasteiger partial charge in [-0.15, -0.1) is 0 Å². The van der Waals surface area contributed by atoms with Gasteiger partial charge in [-0.3, -0.25) is 4.79 Å². The van der Waals surface area contributed by atoms with Crippen LogP contribution < -0.4 is 5.32 Å². The van der Waals surface area contributed by atoms with Crippen molar-refractivity contribution in [3.8, 4) is 0 Å². The number of amides is 1. The second kappa shape index (κ2) is 6.76. The molecule has 0 aliphatic rings. The van der Waals surface area contributed by atoms with Gasteiger partial charge in [0.25, 0.3) is 5.91 Å². The maximum absolute atomic E-state index is 12.3. The molecule has 0 radical (unpaired) electrons. The van der Waals surface area contributed by atoms with Gasteiger partial charge in [-0.05, 0) is 50.6 Å². The number of nitrogens with zero attached hydrogens (tertiary/aromatic N) is 1. The van der Waals surface area contributed by atoms with Crippen LogP contribution >= 0.6 is 0 Å². The number of esters is 1. The molecule has 3 aromatic rings. The number of aromatic nitrogens is 2. The molecule has 0 saturated heterocycles. The molecular formula is C19H19N3O3. The van der Waals surface area contributed by atoms with E-state index in [0.29, 0.717) is 11.3 Å². The van der Waals surface area contributed by atoms with E-state index in [-0.39, 0.29) is 5.91 Å². The number of carbonyl (C=O) groups is 2. The maximum Gasteiger partial charge on any atom is 0.338 e. The Morgan fingerprint density at radius 2 is 1.96 bits per heavy atom. The van der Waals surface area contributed by atoms with Crippen molar-refractivity contribution in [2.75, 3.05) is 5.32 Å². The molecule has 1 unspecified atom stereocenters. The fourth-order valence-electron chi connectivity index (χ4n) is 2.53. The lowest BCUT2D eigenvalue weighted by Crippen LogP contribution is -2.30. The molecule has 0 spiro atoms. The van der Waals surface area contributed by atoms with E-state index in [2.05, 4.69) is 15.3 Å². The number of carbonyl (C=O) groups excluding carboxylic acids is 2. The Morgan fingerprint density at radius 1 is 1.16 bits per heavy atom. The molecule has 0 aliphatic carbocycles. The summed E-state index contributed by atoms with van der Waals surface area (Å²) in [5, 5.41) is 2.79. The molecule has 3 rings (SSSR count). The number of anilines is 1. The molecule has 0 bridgehead atoms. The highest BCUT2D eigenvalue weighted by atomic mass is 16.5. The highest BCUT2D eigenvalue weighted by Crippen LogP contribution is 2.17. The number of imidazole rings is 1. The second-order valence-corrected chi connectivity index (χ2v) is 5.99. The summed E-state index contributed by atoms with van der Waals surface area (Å²) in [7, 11) is 0. The highest BCUT2D eigenvalue weighted by Gasteiger charge is 2.20. The van der Waals surface area contributed by atoms with Crippen molar-refractivity contribution in [1.82, 2.24) is 9.97 Å². The van der Waals surface area contributed by atoms with Crippen LogP contribution in [0, 0.1) is 13.8 Å². The molecule has 1 amide bonds. The van der Waals surface area contributed by atoms with E-state index in [1.807, 2.05) is 32.0 Å². The average Bonchev–Trinajstić information content (AvgIpc) is 3.04. The standard InChI is InChI=1S/C19H19N3O3/c1-11-4-6-15(12(2)8-11)22-18(23)13(3)25-19(24)14-5-7-16-17(9-14)21-10-20-16/h4-10,13H,1-3H3,(H,20,21)(H,22,23). The van der Waals surface area contributed by atoms with Crippen molar-refractivity contribution >= 4 is 28.6 Å². The lowest BCUT2D eigenvalue weighted by molar-refractivity contribution is -0.123. The molecule has 2 aromatic carbocycles. The summed E-state index contributed by atoms with van der Waals surface area (Å²) in [6, 6.07) is 10.7. The van der Waals surface area contributed by atoms with E-state index < -0.39 is 12.1 Å². The number of aryl methyl sites for hydroxylation is 2. The highest BCUT2D eigenvalue weighted by molar-refractivity contribution is 5.98. The number of fused-ring (bicyclic) bond motifs is 1. The number of aromatic amines is 1. The lowest BCUT2D eigenvalue weighted by Gasteiger charge is -2.15. The number of hydrogen-bond donors (Lipinski definition) is 2. The topological polar surface area (TPSA) is 84.1 Å². The quantitative estimate of drug-likeness (QED) is 0.715. The van der Waals surface area contributed by atoms with Crippen LogP contribution in [0.5, 0.6) is 0 Å². The van der Waals surface area contributed by atoms with E-state index in [1.165, 1.54) is 0 Å². The molecule has 6 heteroatoms. The van der Waals surface area contributed by atoms with E-state index in [4.69, 9.17) is 4.74 Å². The van der Waals surface area contributed by atoms with Crippen molar-refractivity contribution in [2.24, 2.45) is 0 Å². The number of H-pyrrole nitrogens is 1. The van der Waals surface area contributed by atoms with Gasteiger partial charge in [0.2, 0.25) is 0 Å². The molecule has 1 atom stereocenters. The largest absolute Gasteiger partial charge is 0.449 e. The predicted octanol–water partition coefficient (Wildman–Crippen LogP) is 3.36. The van der Waals surface area contributed by atoms with Crippen LogP contribution in [0.1, 0.15) is 28.4 Å². The number of nitrogens with one attached hydrogen (secondary N) is 2. The molecular weight excluding hydrogens is 318 g/mol. The first-order valence-corrected chi connectivity index (χ1v) is 7.96. The molecule has 25 heavy (non-hydrogen) atoms. The van der Waals surface area contributed by atoms with Gasteiger partial charge in [0.05, 0.1) is 22.9 Å². The summed E-state index contributed by atoms with van der Waals surface area (Å²) in [4.78, 5) is 31.6. The fourth-order valence-corrected chi connectivity index (χ4v) is 2.53. The van der Waals surface area contributed by atoms with Crippen LogP contribution in [-0.2, 0) is 9.53 Å². The SMILES string of the molecule is Cc1ccc(NC(=O)C(C)OC(=O)c2ccc3nc[nH]c3c2)c(C)c1. The van der Waals surface area contributed by atoms with Crippen LogP contribution in [-0.4, -0.2) is 27.9 Å². The van der Waals surface area contributed by atoms with Gasteiger partial charge in [-0.1, -0.05) is 17.7 Å². The second-order valence-electron chi connectivity index (χ2n) is 5.99. The molecule has 0 fully saturated rings. The molecule has 128 valence electrons. The first kappa shape index (κ1) is 16.7. The summed E-state index contributed by atoms with van der Waals surface area (Å²) < 4.78 is 5.27. The van der Waals surface area contributed by atoms with E-state index >= 15 is 0 Å². The zero-order valence-electron chi connectivity index (χ0n) is 14.3. The Morgan fingerprint density at radius 3 is 2.72 bits per heavy atom. The average molecular weight is 337 g/mol. The van der Waals surface area contributed by atoms with E-state index in [1.54, 1.807) is 31.5 Å². The van der Waals surface area contributed by atoms with Gasteiger partial charge in [-0.25, -0.2) is 9.78 Å². The van der Waals surface area contributed by atoms with Gasteiger partial charge in [0, 0.05) is 5.69 Å². The smallest absolute Gasteiger partial charge is 0.338 e. The molecule has 1 aromatic heterocycles. The van der Waals surface area contributed by atoms with Crippen molar-refractivity contribution in [3.05, 3.63) is 59.4 Å². The molecule has 1 heterocycles. The molecule has 6 nitrogen and oxygen atoms in total. The summed E-state index contributed by atoms with van der Waals surface area (Å²) in [5.74, 6) is -0.928. The Balaban J connectivity index is 1.66. The van der Waals surface area contributed by atoms with Gasteiger partial charge < -0.3 is 15.0 Å². The monoisotopic (exact) mass is 337 g/mol. The van der Waals surface area contributed by atoms with Crippen LogP contribution in [0.3, 0.4) is 0 Å². The number of hydrogen-bond acceptors (Lipinski definition) is 4. The summed E-state index contributed by atoms with van der Waals surface area (Å²) in [6.07, 6.45) is 0.644. The van der Waals surface area contributed by atoms with Crippen molar-refractivity contribution in [2.45, 2.75) is 26.9 Å². The van der Waals surface area contributed by atoms with Crippen molar-refractivity contribution < 1.29 is 14.3 Å². The van der Waals surface area contributed by atoms with Crippen molar-refractivity contribution in [1.29, 1.82) is 0 Å². The number of benzene rings is 2. The Bertz CT molecular complexity index is 946. The Labute approximate surface area is 145 Å². The summed E-state index contributed by atoms with van der Waals surface area (Å²) >= 11 is 0. The third kappa shape index (κ3) is 3.68. The van der Waals surface area contributed by atoms with Gasteiger partial charge in [0.15, 0.2) is 6.10 Å². The zero-order valence-corrected chi connectivity index (χ0v) is 14.3. The van der Waals surface area contributed by atoms with Crippen LogP contribution in [0.4, 0.5) is 5.69 Å². The van der Waals surface area contributed by atoms with E-state index in [9.17, 15) is 9.59 Å². The first-order chi connectivity index (χ1) is 11.9. The molecule has 0 saturated carbocycles. The maximum atomic E-state index is 12.3. The molecule has 0 aliphatic heterocycles. The zero-order chi connectivity index (χ0) is 18.0. The minimum Gasteiger partial charge on any atom is -0.449 e. The minimum absolute atomic E-state index is 0.364. The Hall–Kier alpha value is -3.15. The third-order valence-electron chi connectivity index (χ3n) is 3.95. The summed E-state index contributed by atoms with van der Waals surface area (Å²) in [6.45, 7) is 5.45. The number of rotatable bonds is 4. The first-order valence-electron chi connectivity index (χ1n) is 7.96. The fraction of sp³-hybridized carbons (Fsp3) is 0.211. The van der Waals surface area contributed by atoms with Crippen LogP contribution in [0.2, 0.25) is 0 Å². The Kier molecular flexibility index (Phi) is 4.52. The van der Waals surface area contributed by atoms with Gasteiger partial charge in [0.1, 0.15) is 0 Å². The van der Waals surface area contributed by atoms with Crippen molar-refractivity contribution in [3.63, 3.8) is 0 Å². The summed E-state index contributed by atoms with van der Waals surface area (Å²) in [5.41, 5.74) is 4.64. The van der Waals surface area contributed by atoms with Crippen LogP contribution in [0.25, 0.3) is 11.0 Å². The normalized spacial score (nSPS) is 12.0. The molecule has 2 N–H and O–H groups in total. The van der Waals surface area contributed by atoms with Gasteiger partial charge in [-0.2, -0.15) is 0 Å². The number of ether oxygens (including phenoxy) is 1. The lowest BCUT2D eigenvalue weighted by atomic mass is 10.1. The van der Waals surface area contributed by atoms with E-state index in [0.717, 1.165) is 22.2 Å². The van der Waals surface area contributed by atoms with Gasteiger partial charge >= 0.3 is 5.97 Å². The minimum atomic E-state index is -0.911. The third-order valence-corrected chi connectivity index (χ3v) is 3.95.